The van der Waals surface area contributed by atoms with E-state index in [-0.39, 0.29) is 0 Å². The Labute approximate surface area is 50.0 Å². The molecule has 2 aliphatic carbocycles. The molecule has 0 saturated heterocycles. The second kappa shape index (κ2) is 1.47. The highest BCUT2D eigenvalue weighted by Crippen LogP contribution is 2.52. The standard InChI is InChI=1S/C7H12O/c1-8-7-3-2-5-4-6(5)7/h5-7H,2-4H2,1H3. The highest BCUT2D eigenvalue weighted by atomic mass is 16.5. The minimum Gasteiger partial charge on any atom is -0.381 e. The van der Waals surface area contributed by atoms with Crippen molar-refractivity contribution in [3.63, 3.8) is 0 Å². The van der Waals surface area contributed by atoms with Crippen LogP contribution in [0.3, 0.4) is 0 Å². The Hall–Kier alpha value is -0.0400. The third-order valence-electron chi connectivity index (χ3n) is 2.58. The molecule has 1 heteroatoms. The summed E-state index contributed by atoms with van der Waals surface area (Å²) >= 11 is 0. The summed E-state index contributed by atoms with van der Waals surface area (Å²) in [5.74, 6) is 2.04. The summed E-state index contributed by atoms with van der Waals surface area (Å²) in [4.78, 5) is 0. The van der Waals surface area contributed by atoms with E-state index >= 15 is 0 Å². The summed E-state index contributed by atoms with van der Waals surface area (Å²) in [5, 5.41) is 0. The lowest BCUT2D eigenvalue weighted by Crippen LogP contribution is -2.07. The first-order valence-electron chi connectivity index (χ1n) is 3.44. The first kappa shape index (κ1) is 4.80. The van der Waals surface area contributed by atoms with Gasteiger partial charge in [0.15, 0.2) is 0 Å². The molecule has 2 saturated carbocycles. The molecule has 0 bridgehead atoms. The van der Waals surface area contributed by atoms with Gasteiger partial charge in [0, 0.05) is 7.11 Å². The van der Waals surface area contributed by atoms with E-state index in [1.165, 1.54) is 19.3 Å². The maximum Gasteiger partial charge on any atom is 0.0602 e. The van der Waals surface area contributed by atoms with Gasteiger partial charge in [0.25, 0.3) is 0 Å². The Morgan fingerprint density at radius 1 is 1.38 bits per heavy atom. The van der Waals surface area contributed by atoms with Crippen LogP contribution in [-0.2, 0) is 4.74 Å². The second-order valence-electron chi connectivity index (χ2n) is 3.01. The molecule has 0 N–H and O–H groups in total. The molecule has 2 fully saturated rings. The summed E-state index contributed by atoms with van der Waals surface area (Å²) in [6, 6.07) is 0. The molecular formula is C7H12O. The van der Waals surface area contributed by atoms with E-state index in [0.29, 0.717) is 6.10 Å². The van der Waals surface area contributed by atoms with E-state index in [1.54, 1.807) is 0 Å². The van der Waals surface area contributed by atoms with Crippen molar-refractivity contribution in [2.45, 2.75) is 25.4 Å². The number of methoxy groups -OCH3 is 1. The van der Waals surface area contributed by atoms with E-state index in [4.69, 9.17) is 4.74 Å². The Balaban J connectivity index is 1.97. The summed E-state index contributed by atoms with van der Waals surface area (Å²) in [7, 11) is 1.84. The van der Waals surface area contributed by atoms with E-state index in [2.05, 4.69) is 0 Å². The molecule has 0 radical (unpaired) electrons. The van der Waals surface area contributed by atoms with Gasteiger partial charge >= 0.3 is 0 Å². The monoisotopic (exact) mass is 112 g/mol. The molecule has 3 atom stereocenters. The van der Waals surface area contributed by atoms with Crippen LogP contribution in [-0.4, -0.2) is 13.2 Å². The molecule has 0 amide bonds. The molecule has 0 aromatic rings. The second-order valence-corrected chi connectivity index (χ2v) is 3.01. The normalized spacial score (nSPS) is 51.4. The van der Waals surface area contributed by atoms with Crippen LogP contribution < -0.4 is 0 Å². The molecule has 1 nitrogen and oxygen atoms in total. The van der Waals surface area contributed by atoms with Gasteiger partial charge in [0.05, 0.1) is 6.10 Å². The maximum absolute atomic E-state index is 5.27. The molecular weight excluding hydrogens is 100 g/mol. The largest absolute Gasteiger partial charge is 0.381 e. The van der Waals surface area contributed by atoms with Crippen LogP contribution >= 0.6 is 0 Å². The molecule has 0 aromatic heterocycles. The highest BCUT2D eigenvalue weighted by Gasteiger charge is 2.48. The van der Waals surface area contributed by atoms with Crippen molar-refractivity contribution in [1.82, 2.24) is 0 Å². The topological polar surface area (TPSA) is 9.23 Å². The Bertz CT molecular complexity index is 101. The van der Waals surface area contributed by atoms with Gasteiger partial charge in [-0.05, 0) is 31.1 Å². The minimum atomic E-state index is 0.639. The lowest BCUT2D eigenvalue weighted by Gasteiger charge is -2.06. The van der Waals surface area contributed by atoms with Gasteiger partial charge in [0.1, 0.15) is 0 Å². The fourth-order valence-corrected chi connectivity index (χ4v) is 1.94. The minimum absolute atomic E-state index is 0.639. The lowest BCUT2D eigenvalue weighted by atomic mass is 10.2. The van der Waals surface area contributed by atoms with Crippen LogP contribution in [0, 0.1) is 11.8 Å². The van der Waals surface area contributed by atoms with Gasteiger partial charge in [-0.2, -0.15) is 0 Å². The summed E-state index contributed by atoms with van der Waals surface area (Å²) in [6.07, 6.45) is 4.85. The SMILES string of the molecule is COC1CCC2CC21. The molecule has 2 rings (SSSR count). The van der Waals surface area contributed by atoms with E-state index in [0.717, 1.165) is 11.8 Å². The van der Waals surface area contributed by atoms with Gasteiger partial charge in [-0.15, -0.1) is 0 Å². The van der Waals surface area contributed by atoms with Gasteiger partial charge in [-0.3, -0.25) is 0 Å². The zero-order chi connectivity index (χ0) is 5.56. The summed E-state index contributed by atoms with van der Waals surface area (Å²) in [5.41, 5.74) is 0. The molecule has 0 aliphatic heterocycles. The summed E-state index contributed by atoms with van der Waals surface area (Å²) < 4.78 is 5.27. The van der Waals surface area contributed by atoms with Crippen molar-refractivity contribution < 1.29 is 4.74 Å². The Morgan fingerprint density at radius 3 is 2.50 bits per heavy atom. The third kappa shape index (κ3) is 0.510. The van der Waals surface area contributed by atoms with Crippen LogP contribution in [0.2, 0.25) is 0 Å². The molecule has 0 aromatic carbocycles. The van der Waals surface area contributed by atoms with Crippen molar-refractivity contribution in [1.29, 1.82) is 0 Å². The average Bonchev–Trinajstić information content (AvgIpc) is 2.46. The first-order chi connectivity index (χ1) is 3.92. The van der Waals surface area contributed by atoms with Crippen molar-refractivity contribution in [3.8, 4) is 0 Å². The predicted octanol–water partition coefficient (Wildman–Crippen LogP) is 1.43. The quantitative estimate of drug-likeness (QED) is 0.498. The zero-order valence-electron chi connectivity index (χ0n) is 5.26. The van der Waals surface area contributed by atoms with Gasteiger partial charge < -0.3 is 4.74 Å². The van der Waals surface area contributed by atoms with E-state index in [9.17, 15) is 0 Å². The molecule has 0 heterocycles. The van der Waals surface area contributed by atoms with E-state index < -0.39 is 0 Å². The van der Waals surface area contributed by atoms with Crippen LogP contribution in [0.4, 0.5) is 0 Å². The van der Waals surface area contributed by atoms with Gasteiger partial charge in [-0.25, -0.2) is 0 Å². The van der Waals surface area contributed by atoms with Crippen LogP contribution in [0.25, 0.3) is 0 Å². The number of fused-ring (bicyclic) bond motifs is 1. The molecule has 2 aliphatic rings. The number of hydrogen-bond acceptors (Lipinski definition) is 1. The fourth-order valence-electron chi connectivity index (χ4n) is 1.94. The highest BCUT2D eigenvalue weighted by molar-refractivity contribution is 4.98. The average molecular weight is 112 g/mol. The lowest BCUT2D eigenvalue weighted by molar-refractivity contribution is 0.0908. The number of ether oxygens (including phenoxy) is 1. The van der Waals surface area contributed by atoms with Crippen LogP contribution in [0.15, 0.2) is 0 Å². The van der Waals surface area contributed by atoms with Gasteiger partial charge in [-0.1, -0.05) is 0 Å². The zero-order valence-corrected chi connectivity index (χ0v) is 5.26. The Morgan fingerprint density at radius 2 is 2.25 bits per heavy atom. The predicted molar refractivity (Wildman–Crippen MR) is 31.6 cm³/mol. The fraction of sp³-hybridized carbons (Fsp3) is 1.00. The van der Waals surface area contributed by atoms with Crippen molar-refractivity contribution in [3.05, 3.63) is 0 Å². The Kier molecular flexibility index (Phi) is 0.884. The van der Waals surface area contributed by atoms with Crippen LogP contribution in [0.5, 0.6) is 0 Å². The smallest absolute Gasteiger partial charge is 0.0602 e. The van der Waals surface area contributed by atoms with Crippen molar-refractivity contribution in [2.75, 3.05) is 7.11 Å². The molecule has 8 heavy (non-hydrogen) atoms. The van der Waals surface area contributed by atoms with Crippen molar-refractivity contribution in [2.24, 2.45) is 11.8 Å². The first-order valence-corrected chi connectivity index (χ1v) is 3.44. The van der Waals surface area contributed by atoms with Crippen molar-refractivity contribution >= 4 is 0 Å². The molecule has 46 valence electrons. The molecule has 3 unspecified atom stereocenters. The van der Waals surface area contributed by atoms with Crippen LogP contribution in [0.1, 0.15) is 19.3 Å². The number of rotatable bonds is 1. The van der Waals surface area contributed by atoms with E-state index in [1.807, 2.05) is 7.11 Å². The molecule has 0 spiro atoms. The van der Waals surface area contributed by atoms with Gasteiger partial charge in [0.2, 0.25) is 0 Å². The summed E-state index contributed by atoms with van der Waals surface area (Å²) in [6.45, 7) is 0. The number of hydrogen-bond donors (Lipinski definition) is 0. The maximum atomic E-state index is 5.27. The third-order valence-corrected chi connectivity index (χ3v) is 2.58.